The second-order valence-corrected chi connectivity index (χ2v) is 4.34. The molecular weight excluding hydrogens is 257 g/mol. The lowest BCUT2D eigenvalue weighted by Crippen LogP contribution is -2.12. The predicted molar refractivity (Wildman–Crippen MR) is 72.2 cm³/mol. The lowest BCUT2D eigenvalue weighted by atomic mass is 10.1. The summed E-state index contributed by atoms with van der Waals surface area (Å²) in [7, 11) is 0. The Morgan fingerprint density at radius 3 is 2.35 bits per heavy atom. The van der Waals surface area contributed by atoms with Crippen molar-refractivity contribution in [2.75, 3.05) is 0 Å². The van der Waals surface area contributed by atoms with E-state index < -0.39 is 6.04 Å². The highest BCUT2D eigenvalue weighted by Gasteiger charge is 2.17. The van der Waals surface area contributed by atoms with Gasteiger partial charge in [-0.1, -0.05) is 30.3 Å². The molecule has 0 spiro atoms. The third-order valence-corrected chi connectivity index (χ3v) is 2.96. The van der Waals surface area contributed by atoms with Crippen LogP contribution in [0.5, 0.6) is 0 Å². The number of hydrogen-bond donors (Lipinski definition) is 1. The minimum atomic E-state index is -0.569. The van der Waals surface area contributed by atoms with E-state index in [0.717, 1.165) is 11.1 Å². The number of nitrogens with zero attached hydrogens (tertiary/aromatic N) is 2. The Morgan fingerprint density at radius 1 is 0.950 bits per heavy atom. The molecule has 5 heteroatoms. The topological polar surface area (TPSA) is 64.9 Å². The molecule has 0 bridgehead atoms. The van der Waals surface area contributed by atoms with Crippen molar-refractivity contribution in [1.29, 1.82) is 0 Å². The summed E-state index contributed by atoms with van der Waals surface area (Å²) in [5.74, 6) is 0.407. The zero-order chi connectivity index (χ0) is 13.9. The molecule has 0 aliphatic carbocycles. The SMILES string of the molecule is NC(c1ccc(F)cc1)c1nnc(-c2ccccc2)o1. The van der Waals surface area contributed by atoms with Gasteiger partial charge in [-0.2, -0.15) is 0 Å². The third-order valence-electron chi connectivity index (χ3n) is 2.96. The summed E-state index contributed by atoms with van der Waals surface area (Å²) in [6, 6.07) is 14.8. The molecule has 2 N–H and O–H groups in total. The highest BCUT2D eigenvalue weighted by atomic mass is 19.1. The fourth-order valence-corrected chi connectivity index (χ4v) is 1.87. The van der Waals surface area contributed by atoms with Crippen molar-refractivity contribution in [3.8, 4) is 11.5 Å². The predicted octanol–water partition coefficient (Wildman–Crippen LogP) is 2.92. The number of rotatable bonds is 3. The van der Waals surface area contributed by atoms with Gasteiger partial charge in [0.25, 0.3) is 0 Å². The molecule has 0 amide bonds. The molecule has 4 nitrogen and oxygen atoms in total. The molecule has 1 atom stereocenters. The van der Waals surface area contributed by atoms with E-state index >= 15 is 0 Å². The normalized spacial score (nSPS) is 12.3. The van der Waals surface area contributed by atoms with Gasteiger partial charge in [0.1, 0.15) is 11.9 Å². The highest BCUT2D eigenvalue weighted by molar-refractivity contribution is 5.51. The van der Waals surface area contributed by atoms with E-state index in [9.17, 15) is 4.39 Å². The van der Waals surface area contributed by atoms with E-state index in [2.05, 4.69) is 10.2 Å². The van der Waals surface area contributed by atoms with E-state index in [1.807, 2.05) is 30.3 Å². The molecule has 3 aromatic rings. The molecule has 100 valence electrons. The summed E-state index contributed by atoms with van der Waals surface area (Å²) in [6.45, 7) is 0. The first-order valence-electron chi connectivity index (χ1n) is 6.14. The largest absolute Gasteiger partial charge is 0.419 e. The van der Waals surface area contributed by atoms with Gasteiger partial charge >= 0.3 is 0 Å². The van der Waals surface area contributed by atoms with Crippen molar-refractivity contribution in [2.45, 2.75) is 6.04 Å². The average Bonchev–Trinajstić information content (AvgIpc) is 2.98. The van der Waals surface area contributed by atoms with Gasteiger partial charge in [-0.3, -0.25) is 0 Å². The molecule has 3 rings (SSSR count). The minimum Gasteiger partial charge on any atom is -0.419 e. The van der Waals surface area contributed by atoms with Crippen LogP contribution in [0.2, 0.25) is 0 Å². The molecule has 0 aliphatic heterocycles. The third kappa shape index (κ3) is 2.44. The highest BCUT2D eigenvalue weighted by Crippen LogP contribution is 2.23. The second-order valence-electron chi connectivity index (χ2n) is 4.34. The first-order chi connectivity index (χ1) is 9.74. The molecule has 0 fully saturated rings. The molecule has 0 aliphatic rings. The van der Waals surface area contributed by atoms with Gasteiger partial charge in [0, 0.05) is 5.56 Å². The summed E-state index contributed by atoms with van der Waals surface area (Å²) in [5, 5.41) is 7.94. The van der Waals surface area contributed by atoms with Crippen LogP contribution in [0, 0.1) is 5.82 Å². The Kier molecular flexibility index (Phi) is 3.26. The number of halogens is 1. The van der Waals surface area contributed by atoms with Crippen molar-refractivity contribution in [3.05, 3.63) is 71.9 Å². The van der Waals surface area contributed by atoms with Gasteiger partial charge in [-0.25, -0.2) is 4.39 Å². The smallest absolute Gasteiger partial charge is 0.247 e. The van der Waals surface area contributed by atoms with Gasteiger partial charge in [-0.15, -0.1) is 10.2 Å². The van der Waals surface area contributed by atoms with Gasteiger partial charge < -0.3 is 10.2 Å². The first kappa shape index (κ1) is 12.5. The first-order valence-corrected chi connectivity index (χ1v) is 6.14. The van der Waals surface area contributed by atoms with Crippen molar-refractivity contribution < 1.29 is 8.81 Å². The molecule has 20 heavy (non-hydrogen) atoms. The van der Waals surface area contributed by atoms with Crippen LogP contribution in [0.4, 0.5) is 4.39 Å². The van der Waals surface area contributed by atoms with E-state index in [4.69, 9.17) is 10.2 Å². The summed E-state index contributed by atoms with van der Waals surface area (Å²) >= 11 is 0. The zero-order valence-electron chi connectivity index (χ0n) is 10.5. The van der Waals surface area contributed by atoms with E-state index in [0.29, 0.717) is 11.8 Å². The lowest BCUT2D eigenvalue weighted by Gasteiger charge is -2.06. The monoisotopic (exact) mass is 269 g/mol. The molecular formula is C15H12FN3O. The Balaban J connectivity index is 1.88. The minimum absolute atomic E-state index is 0.301. The summed E-state index contributed by atoms with van der Waals surface area (Å²) in [6.07, 6.45) is 0. The van der Waals surface area contributed by atoms with Crippen molar-refractivity contribution in [2.24, 2.45) is 5.73 Å². The van der Waals surface area contributed by atoms with Crippen LogP contribution < -0.4 is 5.73 Å². The second kappa shape index (κ2) is 5.22. The lowest BCUT2D eigenvalue weighted by molar-refractivity contribution is 0.484. The Hall–Kier alpha value is -2.53. The number of aromatic nitrogens is 2. The van der Waals surface area contributed by atoms with E-state index in [1.54, 1.807) is 12.1 Å². The van der Waals surface area contributed by atoms with Gasteiger partial charge in [0.2, 0.25) is 11.8 Å². The molecule has 1 unspecified atom stereocenters. The van der Waals surface area contributed by atoms with E-state index in [1.165, 1.54) is 12.1 Å². The zero-order valence-corrected chi connectivity index (χ0v) is 10.5. The quantitative estimate of drug-likeness (QED) is 0.794. The van der Waals surface area contributed by atoms with Crippen molar-refractivity contribution >= 4 is 0 Å². The molecule has 1 aromatic heterocycles. The number of hydrogen-bond acceptors (Lipinski definition) is 4. The number of nitrogens with two attached hydrogens (primary N) is 1. The molecule has 1 heterocycles. The van der Waals surface area contributed by atoms with Gasteiger partial charge in [0.05, 0.1) is 0 Å². The maximum atomic E-state index is 12.9. The van der Waals surface area contributed by atoms with Crippen LogP contribution in [-0.2, 0) is 0 Å². The van der Waals surface area contributed by atoms with Crippen molar-refractivity contribution in [3.63, 3.8) is 0 Å². The molecule has 0 saturated heterocycles. The van der Waals surface area contributed by atoms with Crippen LogP contribution in [-0.4, -0.2) is 10.2 Å². The molecule has 0 radical (unpaired) electrons. The van der Waals surface area contributed by atoms with Gasteiger partial charge in [-0.05, 0) is 29.8 Å². The van der Waals surface area contributed by atoms with Crippen LogP contribution in [0.25, 0.3) is 11.5 Å². The maximum absolute atomic E-state index is 12.9. The van der Waals surface area contributed by atoms with Crippen LogP contribution in [0.3, 0.4) is 0 Å². The van der Waals surface area contributed by atoms with Crippen molar-refractivity contribution in [1.82, 2.24) is 10.2 Å². The summed E-state index contributed by atoms with van der Waals surface area (Å²) in [5.41, 5.74) is 7.59. The van der Waals surface area contributed by atoms with Crippen LogP contribution in [0.1, 0.15) is 17.5 Å². The summed E-state index contributed by atoms with van der Waals surface area (Å²) < 4.78 is 18.5. The molecule has 0 saturated carbocycles. The van der Waals surface area contributed by atoms with Crippen LogP contribution in [0.15, 0.2) is 59.0 Å². The van der Waals surface area contributed by atoms with Gasteiger partial charge in [0.15, 0.2) is 0 Å². The Bertz CT molecular complexity index is 695. The Labute approximate surface area is 115 Å². The van der Waals surface area contributed by atoms with E-state index in [-0.39, 0.29) is 5.82 Å². The van der Waals surface area contributed by atoms with Crippen LogP contribution >= 0.6 is 0 Å². The number of benzene rings is 2. The Morgan fingerprint density at radius 2 is 1.65 bits per heavy atom. The standard InChI is InChI=1S/C15H12FN3O/c16-12-8-6-10(7-9-12)13(17)15-19-18-14(20-15)11-4-2-1-3-5-11/h1-9,13H,17H2. The molecule has 2 aromatic carbocycles. The maximum Gasteiger partial charge on any atom is 0.247 e. The fourth-order valence-electron chi connectivity index (χ4n) is 1.87. The summed E-state index contributed by atoms with van der Waals surface area (Å²) in [4.78, 5) is 0. The fraction of sp³-hybridized carbons (Fsp3) is 0.0667. The average molecular weight is 269 g/mol.